The predicted octanol–water partition coefficient (Wildman–Crippen LogP) is 3.24. The lowest BCUT2D eigenvalue weighted by molar-refractivity contribution is 0.0287. The molecule has 1 fully saturated rings. The molecule has 1 heterocycles. The third kappa shape index (κ3) is 4.25. The number of aromatic nitrogens is 2. The molecule has 4 nitrogen and oxygen atoms in total. The zero-order valence-corrected chi connectivity index (χ0v) is 12.8. The van der Waals surface area contributed by atoms with E-state index < -0.39 is 0 Å². The average molecular weight is 277 g/mol. The largest absolute Gasteiger partial charge is 0.373 e. The van der Waals surface area contributed by atoms with Crippen LogP contribution in [0.25, 0.3) is 0 Å². The molecule has 0 saturated heterocycles. The molecule has 1 aromatic rings. The Balaban J connectivity index is 2.02. The molecule has 1 N–H and O–H groups in total. The second kappa shape index (κ2) is 8.32. The van der Waals surface area contributed by atoms with Crippen molar-refractivity contribution in [3.8, 4) is 0 Å². The topological polar surface area (TPSA) is 47.0 Å². The van der Waals surface area contributed by atoms with Crippen molar-refractivity contribution in [1.82, 2.24) is 15.3 Å². The summed E-state index contributed by atoms with van der Waals surface area (Å²) in [4.78, 5) is 9.14. The highest BCUT2D eigenvalue weighted by atomic mass is 16.5. The van der Waals surface area contributed by atoms with E-state index in [0.29, 0.717) is 5.92 Å². The first-order valence-electron chi connectivity index (χ1n) is 7.90. The highest BCUT2D eigenvalue weighted by molar-refractivity contribution is 5.05. The minimum absolute atomic E-state index is 0.0569. The third-order valence-corrected chi connectivity index (χ3v) is 4.05. The molecule has 20 heavy (non-hydrogen) atoms. The minimum atomic E-state index is 0.0569. The van der Waals surface area contributed by atoms with Crippen molar-refractivity contribution in [2.45, 2.75) is 58.1 Å². The Morgan fingerprint density at radius 3 is 2.85 bits per heavy atom. The van der Waals surface area contributed by atoms with Crippen LogP contribution in [-0.4, -0.2) is 23.6 Å². The van der Waals surface area contributed by atoms with Gasteiger partial charge in [0.05, 0.1) is 5.69 Å². The normalized spacial score (nSPS) is 18.1. The maximum Gasteiger partial charge on any atom is 0.157 e. The van der Waals surface area contributed by atoms with E-state index in [1.54, 1.807) is 7.11 Å². The number of methoxy groups -OCH3 is 1. The van der Waals surface area contributed by atoms with Crippen molar-refractivity contribution in [3.05, 3.63) is 23.8 Å². The van der Waals surface area contributed by atoms with Crippen molar-refractivity contribution >= 4 is 0 Å². The molecule has 2 rings (SSSR count). The monoisotopic (exact) mass is 277 g/mol. The fourth-order valence-electron chi connectivity index (χ4n) is 2.99. The Labute approximate surface area is 122 Å². The molecule has 0 spiro atoms. The van der Waals surface area contributed by atoms with Gasteiger partial charge < -0.3 is 10.1 Å². The van der Waals surface area contributed by atoms with Crippen molar-refractivity contribution in [2.75, 3.05) is 13.7 Å². The Hall–Kier alpha value is -1.00. The van der Waals surface area contributed by atoms with Gasteiger partial charge in [-0.1, -0.05) is 26.2 Å². The second-order valence-electron chi connectivity index (χ2n) is 5.64. The van der Waals surface area contributed by atoms with Gasteiger partial charge in [-0.2, -0.15) is 0 Å². The van der Waals surface area contributed by atoms with Gasteiger partial charge in [-0.25, -0.2) is 9.97 Å². The van der Waals surface area contributed by atoms with Crippen LogP contribution in [0.1, 0.15) is 63.1 Å². The van der Waals surface area contributed by atoms with Gasteiger partial charge in [0.1, 0.15) is 6.10 Å². The van der Waals surface area contributed by atoms with E-state index in [9.17, 15) is 0 Å². The average Bonchev–Trinajstić information content (AvgIpc) is 2.50. The summed E-state index contributed by atoms with van der Waals surface area (Å²) in [6.45, 7) is 4.00. The van der Waals surface area contributed by atoms with Gasteiger partial charge in [0.2, 0.25) is 0 Å². The van der Waals surface area contributed by atoms with E-state index in [-0.39, 0.29) is 6.10 Å². The fraction of sp³-hybridized carbons (Fsp3) is 0.750. The highest BCUT2D eigenvalue weighted by Crippen LogP contribution is 2.35. The van der Waals surface area contributed by atoms with Crippen LogP contribution in [0.2, 0.25) is 0 Å². The molecule has 1 aliphatic rings. The summed E-state index contributed by atoms with van der Waals surface area (Å²) in [5.41, 5.74) is 1.06. The van der Waals surface area contributed by atoms with Crippen LogP contribution in [-0.2, 0) is 11.3 Å². The molecular weight excluding hydrogens is 250 g/mol. The van der Waals surface area contributed by atoms with Gasteiger partial charge >= 0.3 is 0 Å². The molecule has 1 unspecified atom stereocenters. The van der Waals surface area contributed by atoms with E-state index in [1.165, 1.54) is 32.1 Å². The van der Waals surface area contributed by atoms with Gasteiger partial charge in [-0.15, -0.1) is 0 Å². The zero-order valence-electron chi connectivity index (χ0n) is 12.8. The van der Waals surface area contributed by atoms with Gasteiger partial charge in [-0.05, 0) is 37.8 Å². The number of ether oxygens (including phenoxy) is 1. The number of nitrogens with one attached hydrogen (secondary N) is 1. The summed E-state index contributed by atoms with van der Waals surface area (Å²) in [6, 6.07) is 1.99. The molecule has 0 aliphatic heterocycles. The highest BCUT2D eigenvalue weighted by Gasteiger charge is 2.27. The summed E-state index contributed by atoms with van der Waals surface area (Å²) >= 11 is 0. The molecule has 1 atom stereocenters. The summed E-state index contributed by atoms with van der Waals surface area (Å²) in [7, 11) is 1.78. The van der Waals surface area contributed by atoms with E-state index in [1.807, 2.05) is 12.3 Å². The van der Waals surface area contributed by atoms with Crippen LogP contribution in [0.4, 0.5) is 0 Å². The van der Waals surface area contributed by atoms with Gasteiger partial charge in [0, 0.05) is 19.9 Å². The first kappa shape index (κ1) is 15.4. The maximum absolute atomic E-state index is 5.71. The molecule has 1 saturated carbocycles. The van der Waals surface area contributed by atoms with Gasteiger partial charge in [-0.3, -0.25) is 0 Å². The van der Waals surface area contributed by atoms with E-state index in [2.05, 4.69) is 17.2 Å². The fourth-order valence-corrected chi connectivity index (χ4v) is 2.99. The van der Waals surface area contributed by atoms with E-state index >= 15 is 0 Å². The molecule has 0 aromatic carbocycles. The number of rotatable bonds is 7. The molecule has 1 aromatic heterocycles. The first-order valence-corrected chi connectivity index (χ1v) is 7.90. The third-order valence-electron chi connectivity index (χ3n) is 4.05. The first-order chi connectivity index (χ1) is 9.85. The van der Waals surface area contributed by atoms with Crippen LogP contribution in [0.3, 0.4) is 0 Å². The molecule has 4 heteroatoms. The van der Waals surface area contributed by atoms with E-state index in [4.69, 9.17) is 9.72 Å². The van der Waals surface area contributed by atoms with Crippen molar-refractivity contribution in [2.24, 2.45) is 5.92 Å². The molecule has 1 aliphatic carbocycles. The van der Waals surface area contributed by atoms with Gasteiger partial charge in [0.25, 0.3) is 0 Å². The summed E-state index contributed by atoms with van der Waals surface area (Å²) in [5, 5.41) is 3.38. The Morgan fingerprint density at radius 1 is 1.35 bits per heavy atom. The van der Waals surface area contributed by atoms with Crippen LogP contribution in [0, 0.1) is 5.92 Å². The molecule has 0 bridgehead atoms. The lowest BCUT2D eigenvalue weighted by Crippen LogP contribution is -2.21. The van der Waals surface area contributed by atoms with Crippen molar-refractivity contribution in [1.29, 1.82) is 0 Å². The minimum Gasteiger partial charge on any atom is -0.373 e. The Bertz CT molecular complexity index is 391. The SMILES string of the molecule is CCCNCc1ccnc(C(OC)C2CCCCC2)n1. The molecule has 112 valence electrons. The number of hydrogen-bond acceptors (Lipinski definition) is 4. The Kier molecular flexibility index (Phi) is 6.40. The smallest absolute Gasteiger partial charge is 0.157 e. The van der Waals surface area contributed by atoms with Crippen LogP contribution in [0.5, 0.6) is 0 Å². The van der Waals surface area contributed by atoms with E-state index in [0.717, 1.165) is 31.0 Å². The molecule has 0 amide bonds. The van der Waals surface area contributed by atoms with Crippen LogP contribution in [0.15, 0.2) is 12.3 Å². The van der Waals surface area contributed by atoms with Crippen molar-refractivity contribution < 1.29 is 4.74 Å². The maximum atomic E-state index is 5.71. The standard InChI is InChI=1S/C16H27N3O/c1-3-10-17-12-14-9-11-18-16(19-14)15(20-2)13-7-5-4-6-8-13/h9,11,13,15,17H,3-8,10,12H2,1-2H3. The predicted molar refractivity (Wildman–Crippen MR) is 80.4 cm³/mol. The summed E-state index contributed by atoms with van der Waals surface area (Å²) < 4.78 is 5.71. The lowest BCUT2D eigenvalue weighted by atomic mass is 9.85. The van der Waals surface area contributed by atoms with Crippen molar-refractivity contribution in [3.63, 3.8) is 0 Å². The summed E-state index contributed by atoms with van der Waals surface area (Å²) in [5.74, 6) is 1.43. The molecule has 0 radical (unpaired) electrons. The molecular formula is C16H27N3O. The number of nitrogens with zero attached hydrogens (tertiary/aromatic N) is 2. The summed E-state index contributed by atoms with van der Waals surface area (Å²) in [6.07, 6.45) is 9.50. The zero-order chi connectivity index (χ0) is 14.2. The van der Waals surface area contributed by atoms with Crippen LogP contribution >= 0.6 is 0 Å². The lowest BCUT2D eigenvalue weighted by Gasteiger charge is -2.28. The quantitative estimate of drug-likeness (QED) is 0.777. The Morgan fingerprint density at radius 2 is 2.15 bits per heavy atom. The van der Waals surface area contributed by atoms with Crippen LogP contribution < -0.4 is 5.32 Å². The number of hydrogen-bond donors (Lipinski definition) is 1. The van der Waals surface area contributed by atoms with Gasteiger partial charge in [0.15, 0.2) is 5.82 Å². The second-order valence-corrected chi connectivity index (χ2v) is 5.64.